The van der Waals surface area contributed by atoms with Gasteiger partial charge in [0.15, 0.2) is 0 Å². The Morgan fingerprint density at radius 2 is 2.30 bits per heavy atom. The Morgan fingerprint density at radius 3 is 2.70 bits per heavy atom. The first-order valence-electron chi connectivity index (χ1n) is 3.96. The molecule has 0 N–H and O–H groups in total. The molecule has 0 radical (unpaired) electrons. The van der Waals surface area contributed by atoms with Crippen molar-refractivity contribution in [1.82, 2.24) is 9.78 Å². The molecule has 1 aromatic rings. The Hall–Kier alpha value is -0.790. The van der Waals surface area contributed by atoms with Crippen molar-refractivity contribution >= 4 is 0 Å². The highest BCUT2D eigenvalue weighted by Gasteiger charge is 2.10. The van der Waals surface area contributed by atoms with Crippen molar-refractivity contribution in [3.05, 3.63) is 18.4 Å². The molecule has 1 heterocycles. The molecule has 0 saturated heterocycles. The number of hydrogen-bond donors (Lipinski definition) is 0. The van der Waals surface area contributed by atoms with Gasteiger partial charge in [-0.3, -0.25) is 4.68 Å². The molecule has 0 atom stereocenters. The van der Waals surface area contributed by atoms with E-state index in [0.29, 0.717) is 6.04 Å². The van der Waals surface area contributed by atoms with E-state index in [0.717, 1.165) is 6.54 Å². The van der Waals surface area contributed by atoms with Crippen molar-refractivity contribution in [3.63, 3.8) is 0 Å². The maximum atomic E-state index is 7.24. The first-order chi connectivity index (χ1) is 4.97. The van der Waals surface area contributed by atoms with Crippen molar-refractivity contribution in [1.29, 1.82) is 0 Å². The van der Waals surface area contributed by atoms with Crippen LogP contribution >= 0.6 is 0 Å². The standard InChI is InChI=1S/C8H14N2/c1-8(2,3)7-10-6-4-5-9-10/h4-6H,7H2,1-3H3/i4D. The van der Waals surface area contributed by atoms with Crippen LogP contribution in [0, 0.1) is 5.41 Å². The van der Waals surface area contributed by atoms with E-state index in [1.54, 1.807) is 12.4 Å². The zero-order valence-corrected chi connectivity index (χ0v) is 6.76. The van der Waals surface area contributed by atoms with Gasteiger partial charge in [0, 0.05) is 18.9 Å². The van der Waals surface area contributed by atoms with Crippen LogP contribution in [0.25, 0.3) is 0 Å². The molecule has 56 valence electrons. The molecule has 2 nitrogen and oxygen atoms in total. The van der Waals surface area contributed by atoms with Crippen LogP contribution in [0.5, 0.6) is 0 Å². The lowest BCUT2D eigenvalue weighted by Crippen LogP contribution is -2.15. The summed E-state index contributed by atoms with van der Waals surface area (Å²) in [5, 5.41) is 4.03. The summed E-state index contributed by atoms with van der Waals surface area (Å²) in [5.74, 6) is 0. The molecule has 1 rings (SSSR count). The first-order valence-corrected chi connectivity index (χ1v) is 3.46. The number of nitrogens with zero attached hydrogens (tertiary/aromatic N) is 2. The van der Waals surface area contributed by atoms with E-state index in [-0.39, 0.29) is 5.41 Å². The van der Waals surface area contributed by atoms with Gasteiger partial charge < -0.3 is 0 Å². The summed E-state index contributed by atoms with van der Waals surface area (Å²) in [5.41, 5.74) is 0.235. The third-order valence-corrected chi connectivity index (χ3v) is 1.14. The van der Waals surface area contributed by atoms with Crippen LogP contribution in [0.4, 0.5) is 0 Å². The number of rotatable bonds is 1. The lowest BCUT2D eigenvalue weighted by molar-refractivity contribution is 0.325. The van der Waals surface area contributed by atoms with E-state index in [4.69, 9.17) is 1.37 Å². The summed E-state index contributed by atoms with van der Waals surface area (Å²) >= 11 is 0. The van der Waals surface area contributed by atoms with Crippen LogP contribution in [0.15, 0.2) is 18.4 Å². The second-order valence-corrected chi connectivity index (χ2v) is 3.70. The smallest absolute Gasteiger partial charge is 0.0656 e. The lowest BCUT2D eigenvalue weighted by Gasteiger charge is -2.17. The fourth-order valence-corrected chi connectivity index (χ4v) is 0.833. The van der Waals surface area contributed by atoms with E-state index < -0.39 is 0 Å². The van der Waals surface area contributed by atoms with Gasteiger partial charge in [0.1, 0.15) is 0 Å². The highest BCUT2D eigenvalue weighted by Crippen LogP contribution is 2.14. The van der Waals surface area contributed by atoms with Gasteiger partial charge >= 0.3 is 0 Å². The molecule has 0 fully saturated rings. The van der Waals surface area contributed by atoms with E-state index in [1.165, 1.54) is 0 Å². The Balaban J connectivity index is 2.65. The molecule has 0 amide bonds. The van der Waals surface area contributed by atoms with Crippen LogP contribution in [0.2, 0.25) is 0 Å². The zero-order chi connectivity index (χ0) is 8.48. The van der Waals surface area contributed by atoms with Gasteiger partial charge in [-0.2, -0.15) is 5.10 Å². The van der Waals surface area contributed by atoms with Gasteiger partial charge in [0.05, 0.1) is 1.37 Å². The number of aromatic nitrogens is 2. The molecular weight excluding hydrogens is 124 g/mol. The van der Waals surface area contributed by atoms with Crippen molar-refractivity contribution in [3.8, 4) is 0 Å². The minimum Gasteiger partial charge on any atom is -0.272 e. The molecule has 2 heteroatoms. The van der Waals surface area contributed by atoms with Crippen molar-refractivity contribution < 1.29 is 1.37 Å². The van der Waals surface area contributed by atoms with Crippen LogP contribution < -0.4 is 0 Å². The van der Waals surface area contributed by atoms with Gasteiger partial charge in [-0.1, -0.05) is 20.8 Å². The molecule has 0 saturated carbocycles. The Bertz CT molecular complexity index is 234. The SMILES string of the molecule is [2H]c1cnn(CC(C)(C)C)c1. The third kappa shape index (κ3) is 2.21. The van der Waals surface area contributed by atoms with Crippen LogP contribution in [-0.4, -0.2) is 9.78 Å². The summed E-state index contributed by atoms with van der Waals surface area (Å²) in [6.45, 7) is 7.32. The normalized spacial score (nSPS) is 13.3. The van der Waals surface area contributed by atoms with Crippen LogP contribution in [0.1, 0.15) is 22.1 Å². The summed E-state index contributed by atoms with van der Waals surface area (Å²) in [7, 11) is 0. The maximum Gasteiger partial charge on any atom is 0.0656 e. The Labute approximate surface area is 63.3 Å². The predicted molar refractivity (Wildman–Crippen MR) is 41.7 cm³/mol. The molecule has 0 bridgehead atoms. The van der Waals surface area contributed by atoms with E-state index in [9.17, 15) is 0 Å². The van der Waals surface area contributed by atoms with E-state index >= 15 is 0 Å². The quantitative estimate of drug-likeness (QED) is 0.581. The van der Waals surface area contributed by atoms with Crippen molar-refractivity contribution in [2.45, 2.75) is 27.3 Å². The topological polar surface area (TPSA) is 17.8 Å². The first kappa shape index (κ1) is 5.96. The Kier molecular flexibility index (Phi) is 1.46. The second kappa shape index (κ2) is 2.45. The van der Waals surface area contributed by atoms with E-state index in [2.05, 4.69) is 25.9 Å². The summed E-state index contributed by atoms with van der Waals surface area (Å²) in [6.07, 6.45) is 3.30. The zero-order valence-electron chi connectivity index (χ0n) is 7.76. The summed E-state index contributed by atoms with van der Waals surface area (Å²) < 4.78 is 9.05. The van der Waals surface area contributed by atoms with Gasteiger partial charge in [0.2, 0.25) is 0 Å². The summed E-state index contributed by atoms with van der Waals surface area (Å²) in [6, 6.07) is 0.481. The highest BCUT2D eigenvalue weighted by atomic mass is 15.3. The molecular formula is C8H14N2. The second-order valence-electron chi connectivity index (χ2n) is 3.70. The third-order valence-electron chi connectivity index (χ3n) is 1.14. The average Bonchev–Trinajstić information content (AvgIpc) is 2.10. The molecule has 0 aliphatic heterocycles. The predicted octanol–water partition coefficient (Wildman–Crippen LogP) is 1.93. The molecule has 0 aromatic carbocycles. The largest absolute Gasteiger partial charge is 0.272 e. The van der Waals surface area contributed by atoms with Gasteiger partial charge in [-0.05, 0) is 11.5 Å². The maximum absolute atomic E-state index is 7.24. The highest BCUT2D eigenvalue weighted by molar-refractivity contribution is 4.79. The monoisotopic (exact) mass is 139 g/mol. The molecule has 0 aliphatic carbocycles. The van der Waals surface area contributed by atoms with E-state index in [1.807, 2.05) is 4.68 Å². The molecule has 0 aliphatic rings. The Morgan fingerprint density at radius 1 is 1.60 bits per heavy atom. The van der Waals surface area contributed by atoms with Crippen molar-refractivity contribution in [2.24, 2.45) is 5.41 Å². The van der Waals surface area contributed by atoms with Crippen LogP contribution in [0.3, 0.4) is 0 Å². The lowest BCUT2D eigenvalue weighted by atomic mass is 9.97. The number of hydrogen-bond acceptors (Lipinski definition) is 1. The van der Waals surface area contributed by atoms with Crippen molar-refractivity contribution in [2.75, 3.05) is 0 Å². The minimum atomic E-state index is 0.235. The van der Waals surface area contributed by atoms with Gasteiger partial charge in [-0.25, -0.2) is 0 Å². The molecule has 0 unspecified atom stereocenters. The average molecular weight is 139 g/mol. The van der Waals surface area contributed by atoms with Crippen LogP contribution in [-0.2, 0) is 6.54 Å². The fourth-order valence-electron chi connectivity index (χ4n) is 0.833. The van der Waals surface area contributed by atoms with Gasteiger partial charge in [-0.15, -0.1) is 0 Å². The summed E-state index contributed by atoms with van der Waals surface area (Å²) in [4.78, 5) is 0. The fraction of sp³-hybridized carbons (Fsp3) is 0.625. The van der Waals surface area contributed by atoms with Gasteiger partial charge in [0.25, 0.3) is 0 Å². The molecule has 0 spiro atoms. The molecule has 1 aromatic heterocycles. The minimum absolute atomic E-state index is 0.235. The molecule has 10 heavy (non-hydrogen) atoms.